The fourth-order valence-electron chi connectivity index (χ4n) is 1.92. The molecule has 0 aliphatic carbocycles. The van der Waals surface area contributed by atoms with Crippen LogP contribution in [0, 0.1) is 13.8 Å². The molecule has 0 spiro atoms. The van der Waals surface area contributed by atoms with Crippen molar-refractivity contribution < 1.29 is 4.79 Å². The maximum absolute atomic E-state index is 11.8. The molecule has 0 radical (unpaired) electrons. The van der Waals surface area contributed by atoms with Crippen LogP contribution in [0.2, 0.25) is 0 Å². The molecule has 0 atom stereocenters. The van der Waals surface area contributed by atoms with E-state index in [1.807, 2.05) is 37.4 Å². The molecule has 0 aliphatic heterocycles. The Morgan fingerprint density at radius 3 is 2.84 bits per heavy atom. The van der Waals surface area contributed by atoms with Gasteiger partial charge in [0.15, 0.2) is 0 Å². The smallest absolute Gasteiger partial charge is 0.253 e. The number of hydrogen-bond donors (Lipinski definition) is 2. The third-order valence-electron chi connectivity index (χ3n) is 2.87. The summed E-state index contributed by atoms with van der Waals surface area (Å²) < 4.78 is 0. The van der Waals surface area contributed by atoms with Crippen molar-refractivity contribution in [2.24, 2.45) is 0 Å². The molecule has 19 heavy (non-hydrogen) atoms. The van der Waals surface area contributed by atoms with Crippen LogP contribution in [0.5, 0.6) is 0 Å². The van der Waals surface area contributed by atoms with Crippen molar-refractivity contribution in [2.45, 2.75) is 26.8 Å². The number of aromatic amines is 1. The largest absolute Gasteiger partial charge is 0.351 e. The molecule has 0 aliphatic rings. The van der Waals surface area contributed by atoms with E-state index in [9.17, 15) is 9.59 Å². The second kappa shape index (κ2) is 5.84. The summed E-state index contributed by atoms with van der Waals surface area (Å²) in [7, 11) is 0. The Labute approximate surface area is 115 Å². The van der Waals surface area contributed by atoms with Crippen LogP contribution >= 0.6 is 11.3 Å². The number of hydrogen-bond acceptors (Lipinski definition) is 3. The Morgan fingerprint density at radius 1 is 1.42 bits per heavy atom. The second-order valence-corrected chi connectivity index (χ2v) is 5.51. The van der Waals surface area contributed by atoms with E-state index in [-0.39, 0.29) is 18.0 Å². The number of carbonyl (C=O) groups excluding carboxylic acids is 1. The number of aryl methyl sites for hydroxylation is 2. The maximum atomic E-state index is 11.8. The lowest BCUT2D eigenvalue weighted by Gasteiger charge is -2.07. The van der Waals surface area contributed by atoms with Gasteiger partial charge in [-0.15, -0.1) is 11.3 Å². The Balaban J connectivity index is 1.99. The van der Waals surface area contributed by atoms with Crippen LogP contribution in [-0.4, -0.2) is 10.9 Å². The molecular formula is C14H16N2O2S. The minimum absolute atomic E-state index is 0.0678. The molecule has 0 unspecified atom stereocenters. The number of H-pyrrole nitrogens is 1. The first kappa shape index (κ1) is 13.5. The Morgan fingerprint density at radius 2 is 2.21 bits per heavy atom. The number of carbonyl (C=O) groups is 1. The van der Waals surface area contributed by atoms with Gasteiger partial charge in [0.2, 0.25) is 5.91 Å². The highest BCUT2D eigenvalue weighted by Gasteiger charge is 2.08. The average Bonchev–Trinajstić information content (AvgIpc) is 2.80. The molecule has 0 saturated heterocycles. The fourth-order valence-corrected chi connectivity index (χ4v) is 2.63. The Hall–Kier alpha value is -1.88. The van der Waals surface area contributed by atoms with Crippen LogP contribution in [0.3, 0.4) is 0 Å². The van der Waals surface area contributed by atoms with Gasteiger partial charge in [0.1, 0.15) is 0 Å². The van der Waals surface area contributed by atoms with Crippen molar-refractivity contribution in [2.75, 3.05) is 0 Å². The van der Waals surface area contributed by atoms with E-state index < -0.39 is 0 Å². The first-order valence-corrected chi connectivity index (χ1v) is 6.92. The van der Waals surface area contributed by atoms with Crippen LogP contribution in [0.4, 0.5) is 0 Å². The van der Waals surface area contributed by atoms with Crippen LogP contribution in [-0.2, 0) is 17.8 Å². The van der Waals surface area contributed by atoms with Gasteiger partial charge >= 0.3 is 0 Å². The predicted molar refractivity (Wildman–Crippen MR) is 76.4 cm³/mol. The van der Waals surface area contributed by atoms with Crippen LogP contribution in [0.1, 0.15) is 21.7 Å². The van der Waals surface area contributed by atoms with Crippen LogP contribution in [0.15, 0.2) is 28.4 Å². The van der Waals surface area contributed by atoms with Crippen molar-refractivity contribution in [1.82, 2.24) is 10.3 Å². The molecule has 0 fully saturated rings. The summed E-state index contributed by atoms with van der Waals surface area (Å²) in [5, 5.41) is 4.73. The van der Waals surface area contributed by atoms with Gasteiger partial charge in [-0.1, -0.05) is 6.07 Å². The highest BCUT2D eigenvalue weighted by atomic mass is 32.1. The fraction of sp³-hybridized carbons (Fsp3) is 0.286. The molecule has 2 N–H and O–H groups in total. The zero-order chi connectivity index (χ0) is 13.8. The van der Waals surface area contributed by atoms with Crippen molar-refractivity contribution in [1.29, 1.82) is 0 Å². The van der Waals surface area contributed by atoms with E-state index in [1.165, 1.54) is 0 Å². The lowest BCUT2D eigenvalue weighted by Crippen LogP contribution is -2.28. The van der Waals surface area contributed by atoms with E-state index in [2.05, 4.69) is 10.3 Å². The standard InChI is InChI=1S/C14H16N2O2S/c1-9-6-10(2)16-14(18)12(9)8-15-13(17)7-11-4-3-5-19-11/h3-6H,7-8H2,1-2H3,(H,15,17)(H,16,18). The van der Waals surface area contributed by atoms with E-state index in [0.29, 0.717) is 12.0 Å². The zero-order valence-electron chi connectivity index (χ0n) is 10.9. The van der Waals surface area contributed by atoms with Gasteiger partial charge in [0.25, 0.3) is 5.56 Å². The lowest BCUT2D eigenvalue weighted by atomic mass is 10.1. The van der Waals surface area contributed by atoms with E-state index in [1.54, 1.807) is 11.3 Å². The normalized spacial score (nSPS) is 10.4. The average molecular weight is 276 g/mol. The molecule has 2 heterocycles. The minimum atomic E-state index is -0.131. The topological polar surface area (TPSA) is 62.0 Å². The number of amides is 1. The lowest BCUT2D eigenvalue weighted by molar-refractivity contribution is -0.120. The highest BCUT2D eigenvalue weighted by Crippen LogP contribution is 2.09. The third kappa shape index (κ3) is 3.54. The van der Waals surface area contributed by atoms with E-state index >= 15 is 0 Å². The predicted octanol–water partition coefficient (Wildman–Crippen LogP) is 1.91. The molecule has 100 valence electrons. The number of aromatic nitrogens is 1. The minimum Gasteiger partial charge on any atom is -0.351 e. The van der Waals surface area contributed by atoms with Crippen LogP contribution < -0.4 is 10.9 Å². The third-order valence-corrected chi connectivity index (χ3v) is 3.75. The van der Waals surface area contributed by atoms with E-state index in [0.717, 1.165) is 16.1 Å². The Kier molecular flexibility index (Phi) is 4.16. The van der Waals surface area contributed by atoms with Crippen LogP contribution in [0.25, 0.3) is 0 Å². The molecule has 4 nitrogen and oxygen atoms in total. The number of pyridine rings is 1. The second-order valence-electron chi connectivity index (χ2n) is 4.48. The molecule has 5 heteroatoms. The summed E-state index contributed by atoms with van der Waals surface area (Å²) >= 11 is 1.55. The summed E-state index contributed by atoms with van der Waals surface area (Å²) in [4.78, 5) is 27.3. The van der Waals surface area contributed by atoms with Gasteiger partial charge in [0, 0.05) is 22.7 Å². The quantitative estimate of drug-likeness (QED) is 0.896. The molecule has 1 amide bonds. The van der Waals surface area contributed by atoms with Gasteiger partial charge in [-0.3, -0.25) is 9.59 Å². The summed E-state index contributed by atoms with van der Waals surface area (Å²) in [6.07, 6.45) is 0.362. The summed E-state index contributed by atoms with van der Waals surface area (Å²) in [5.41, 5.74) is 2.22. The molecule has 0 bridgehead atoms. The number of nitrogens with one attached hydrogen (secondary N) is 2. The van der Waals surface area contributed by atoms with Gasteiger partial charge < -0.3 is 10.3 Å². The highest BCUT2D eigenvalue weighted by molar-refractivity contribution is 7.10. The molecule has 0 aromatic carbocycles. The molecule has 0 saturated carbocycles. The van der Waals surface area contributed by atoms with Crippen molar-refractivity contribution in [3.05, 3.63) is 55.6 Å². The van der Waals surface area contributed by atoms with Gasteiger partial charge in [-0.2, -0.15) is 0 Å². The van der Waals surface area contributed by atoms with Crippen molar-refractivity contribution in [3.63, 3.8) is 0 Å². The summed E-state index contributed by atoms with van der Waals surface area (Å²) in [5.74, 6) is -0.0678. The summed E-state index contributed by atoms with van der Waals surface area (Å²) in [6, 6.07) is 5.75. The maximum Gasteiger partial charge on any atom is 0.253 e. The number of thiophene rings is 1. The monoisotopic (exact) mass is 276 g/mol. The Bertz CT molecular complexity index is 629. The van der Waals surface area contributed by atoms with Crippen molar-refractivity contribution in [3.8, 4) is 0 Å². The van der Waals surface area contributed by atoms with Crippen molar-refractivity contribution >= 4 is 17.2 Å². The number of rotatable bonds is 4. The van der Waals surface area contributed by atoms with Gasteiger partial charge in [-0.25, -0.2) is 0 Å². The first-order chi connectivity index (χ1) is 9.06. The van der Waals surface area contributed by atoms with Gasteiger partial charge in [0.05, 0.1) is 6.42 Å². The zero-order valence-corrected chi connectivity index (χ0v) is 11.8. The first-order valence-electron chi connectivity index (χ1n) is 6.04. The summed E-state index contributed by atoms with van der Waals surface area (Å²) in [6.45, 7) is 3.99. The molecule has 2 aromatic rings. The molecular weight excluding hydrogens is 260 g/mol. The van der Waals surface area contributed by atoms with Gasteiger partial charge in [-0.05, 0) is 36.9 Å². The molecule has 2 aromatic heterocycles. The molecule has 2 rings (SSSR count). The SMILES string of the molecule is Cc1cc(C)c(CNC(=O)Cc2cccs2)c(=O)[nH]1. The van der Waals surface area contributed by atoms with E-state index in [4.69, 9.17) is 0 Å².